The van der Waals surface area contributed by atoms with Crippen LogP contribution in [-0.4, -0.2) is 29.0 Å². The Morgan fingerprint density at radius 2 is 1.77 bits per heavy atom. The molecule has 0 aliphatic heterocycles. The molecule has 0 aliphatic rings. The number of benzene rings is 1. The molecule has 0 radical (unpaired) electrons. The van der Waals surface area contributed by atoms with E-state index in [0.29, 0.717) is 13.0 Å². The highest BCUT2D eigenvalue weighted by Crippen LogP contribution is 2.36. The lowest BCUT2D eigenvalue weighted by molar-refractivity contribution is 0.0213. The lowest BCUT2D eigenvalue weighted by Gasteiger charge is -2.26. The first-order valence-corrected chi connectivity index (χ1v) is 8.34. The molecule has 0 bridgehead atoms. The lowest BCUT2D eigenvalue weighted by Crippen LogP contribution is -2.25. The van der Waals surface area contributed by atoms with Crippen LogP contribution in [0.1, 0.15) is 71.4 Å². The third-order valence-electron chi connectivity index (χ3n) is 4.19. The van der Waals surface area contributed by atoms with Gasteiger partial charge in [0, 0.05) is 0 Å². The first kappa shape index (κ1) is 19.0. The molecule has 0 amide bonds. The number of ether oxygens (including phenoxy) is 1. The van der Waals surface area contributed by atoms with Crippen LogP contribution in [0.25, 0.3) is 0 Å². The van der Waals surface area contributed by atoms with Crippen LogP contribution < -0.4 is 4.74 Å². The van der Waals surface area contributed by atoms with Crippen molar-refractivity contribution in [3.63, 3.8) is 0 Å². The third kappa shape index (κ3) is 4.99. The predicted molar refractivity (Wildman–Crippen MR) is 91.6 cm³/mol. The summed E-state index contributed by atoms with van der Waals surface area (Å²) in [4.78, 5) is 0. The Balaban J connectivity index is 3.20. The molecular weight excluding hydrogens is 276 g/mol. The number of aliphatic hydroxyl groups excluding tert-OH is 2. The summed E-state index contributed by atoms with van der Waals surface area (Å²) in [6.07, 6.45) is 0.0207. The van der Waals surface area contributed by atoms with Crippen molar-refractivity contribution in [1.29, 1.82) is 0 Å². The van der Waals surface area contributed by atoms with E-state index in [4.69, 9.17) is 4.74 Å². The van der Waals surface area contributed by atoms with Crippen molar-refractivity contribution in [3.8, 4) is 5.75 Å². The molecule has 126 valence electrons. The van der Waals surface area contributed by atoms with E-state index in [1.807, 2.05) is 13.0 Å². The van der Waals surface area contributed by atoms with Gasteiger partial charge in [-0.25, -0.2) is 0 Å². The Bertz CT molecular complexity index is 460. The Kier molecular flexibility index (Phi) is 6.89. The highest BCUT2D eigenvalue weighted by molar-refractivity contribution is 5.42. The second-order valence-corrected chi connectivity index (χ2v) is 7.08. The number of aliphatic hydroxyl groups is 2. The zero-order chi connectivity index (χ0) is 16.9. The van der Waals surface area contributed by atoms with Crippen molar-refractivity contribution in [2.45, 2.75) is 77.9 Å². The Hall–Kier alpha value is -1.06. The Morgan fingerprint density at radius 3 is 2.23 bits per heavy atom. The summed E-state index contributed by atoms with van der Waals surface area (Å²) >= 11 is 0. The van der Waals surface area contributed by atoms with Crippen LogP contribution in [0.15, 0.2) is 18.2 Å². The van der Waals surface area contributed by atoms with Crippen molar-refractivity contribution in [2.75, 3.05) is 6.61 Å². The maximum absolute atomic E-state index is 10.0. The molecule has 22 heavy (non-hydrogen) atoms. The van der Waals surface area contributed by atoms with Gasteiger partial charge in [0.1, 0.15) is 5.75 Å². The van der Waals surface area contributed by atoms with E-state index >= 15 is 0 Å². The summed E-state index contributed by atoms with van der Waals surface area (Å²) in [6.45, 7) is 12.9. The number of rotatable bonds is 7. The summed E-state index contributed by atoms with van der Waals surface area (Å²) in [5.74, 6) is 1.06. The topological polar surface area (TPSA) is 49.7 Å². The van der Waals surface area contributed by atoms with Gasteiger partial charge in [0.05, 0.1) is 18.8 Å². The SMILES string of the molecule is CCOc1ccc(C(C)(C)C)cc1C(CC)CC(O)C(C)O. The van der Waals surface area contributed by atoms with E-state index in [0.717, 1.165) is 17.7 Å². The van der Waals surface area contributed by atoms with Gasteiger partial charge in [-0.1, -0.05) is 39.8 Å². The molecular formula is C19H32O3. The van der Waals surface area contributed by atoms with E-state index in [1.54, 1.807) is 6.92 Å². The highest BCUT2D eigenvalue weighted by atomic mass is 16.5. The van der Waals surface area contributed by atoms with Crippen LogP contribution in [0.4, 0.5) is 0 Å². The van der Waals surface area contributed by atoms with E-state index in [1.165, 1.54) is 5.56 Å². The zero-order valence-corrected chi connectivity index (χ0v) is 14.9. The van der Waals surface area contributed by atoms with Gasteiger partial charge in [0.25, 0.3) is 0 Å². The minimum absolute atomic E-state index is 0.0701. The summed E-state index contributed by atoms with van der Waals surface area (Å²) < 4.78 is 5.79. The van der Waals surface area contributed by atoms with E-state index in [-0.39, 0.29) is 11.3 Å². The Labute approximate surface area is 135 Å². The normalized spacial score (nSPS) is 16.2. The molecule has 0 spiro atoms. The molecule has 0 heterocycles. The van der Waals surface area contributed by atoms with Crippen LogP contribution in [0.3, 0.4) is 0 Å². The first-order valence-electron chi connectivity index (χ1n) is 8.34. The second-order valence-electron chi connectivity index (χ2n) is 7.08. The van der Waals surface area contributed by atoms with E-state index < -0.39 is 12.2 Å². The molecule has 0 aromatic heterocycles. The fourth-order valence-corrected chi connectivity index (χ4v) is 2.62. The van der Waals surface area contributed by atoms with Crippen LogP contribution in [-0.2, 0) is 5.41 Å². The Morgan fingerprint density at radius 1 is 1.14 bits per heavy atom. The summed E-state index contributed by atoms with van der Waals surface area (Å²) in [5, 5.41) is 19.6. The van der Waals surface area contributed by atoms with Gasteiger partial charge in [-0.3, -0.25) is 0 Å². The van der Waals surface area contributed by atoms with Crippen molar-refractivity contribution in [3.05, 3.63) is 29.3 Å². The first-order chi connectivity index (χ1) is 10.2. The summed E-state index contributed by atoms with van der Waals surface area (Å²) in [6, 6.07) is 6.36. The third-order valence-corrected chi connectivity index (χ3v) is 4.19. The van der Waals surface area contributed by atoms with Crippen molar-refractivity contribution in [2.24, 2.45) is 0 Å². The molecule has 1 aromatic rings. The highest BCUT2D eigenvalue weighted by Gasteiger charge is 2.23. The van der Waals surface area contributed by atoms with E-state index in [9.17, 15) is 10.2 Å². The zero-order valence-electron chi connectivity index (χ0n) is 14.9. The van der Waals surface area contributed by atoms with Gasteiger partial charge < -0.3 is 14.9 Å². The van der Waals surface area contributed by atoms with Gasteiger partial charge in [-0.2, -0.15) is 0 Å². The molecule has 0 saturated carbocycles. The average Bonchev–Trinajstić information content (AvgIpc) is 2.44. The van der Waals surface area contributed by atoms with Gasteiger partial charge in [0.15, 0.2) is 0 Å². The quantitative estimate of drug-likeness (QED) is 0.800. The predicted octanol–water partition coefficient (Wildman–Crippen LogP) is 4.01. The maximum Gasteiger partial charge on any atom is 0.122 e. The van der Waals surface area contributed by atoms with Gasteiger partial charge >= 0.3 is 0 Å². The van der Waals surface area contributed by atoms with Gasteiger partial charge in [-0.15, -0.1) is 0 Å². The minimum Gasteiger partial charge on any atom is -0.494 e. The summed E-state index contributed by atoms with van der Waals surface area (Å²) in [7, 11) is 0. The molecule has 3 atom stereocenters. The van der Waals surface area contributed by atoms with Gasteiger partial charge in [-0.05, 0) is 55.2 Å². The molecule has 0 fully saturated rings. The molecule has 3 unspecified atom stereocenters. The number of hydrogen-bond donors (Lipinski definition) is 2. The van der Waals surface area contributed by atoms with Crippen LogP contribution in [0.5, 0.6) is 5.75 Å². The maximum atomic E-state index is 10.0. The molecule has 0 aliphatic carbocycles. The van der Waals surface area contributed by atoms with Crippen molar-refractivity contribution >= 4 is 0 Å². The monoisotopic (exact) mass is 308 g/mol. The molecule has 2 N–H and O–H groups in total. The summed E-state index contributed by atoms with van der Waals surface area (Å²) in [5.41, 5.74) is 2.47. The fraction of sp³-hybridized carbons (Fsp3) is 0.684. The minimum atomic E-state index is -0.713. The molecule has 3 nitrogen and oxygen atoms in total. The molecule has 1 rings (SSSR count). The smallest absolute Gasteiger partial charge is 0.122 e. The van der Waals surface area contributed by atoms with Crippen LogP contribution in [0, 0.1) is 0 Å². The number of hydrogen-bond acceptors (Lipinski definition) is 3. The molecule has 3 heteroatoms. The molecule has 0 saturated heterocycles. The van der Waals surface area contributed by atoms with Crippen LogP contribution >= 0.6 is 0 Å². The standard InChI is InChI=1S/C19H32O3/c1-7-14(11-17(21)13(3)20)16-12-15(19(4,5)6)9-10-18(16)22-8-2/h9-10,12-14,17,20-21H,7-8,11H2,1-6H3. The van der Waals surface area contributed by atoms with Crippen molar-refractivity contribution < 1.29 is 14.9 Å². The van der Waals surface area contributed by atoms with Crippen molar-refractivity contribution in [1.82, 2.24) is 0 Å². The fourth-order valence-electron chi connectivity index (χ4n) is 2.62. The largest absolute Gasteiger partial charge is 0.494 e. The second kappa shape index (κ2) is 7.98. The van der Waals surface area contributed by atoms with Gasteiger partial charge in [0.2, 0.25) is 0 Å². The average molecular weight is 308 g/mol. The van der Waals surface area contributed by atoms with Crippen LogP contribution in [0.2, 0.25) is 0 Å². The molecule has 1 aromatic carbocycles. The lowest BCUT2D eigenvalue weighted by atomic mass is 9.82. The van der Waals surface area contributed by atoms with E-state index in [2.05, 4.69) is 39.8 Å².